The van der Waals surface area contributed by atoms with E-state index in [2.05, 4.69) is 24.1 Å². The summed E-state index contributed by atoms with van der Waals surface area (Å²) in [5.74, 6) is -0.333. The Morgan fingerprint density at radius 3 is 1.91 bits per heavy atom. The molecule has 0 amide bonds. The molecule has 0 spiro atoms. The molecule has 184 valence electrons. The molecule has 1 aliphatic rings. The predicted molar refractivity (Wildman–Crippen MR) is 134 cm³/mol. The zero-order chi connectivity index (χ0) is 23.5. The Morgan fingerprint density at radius 1 is 0.938 bits per heavy atom. The highest BCUT2D eigenvalue weighted by molar-refractivity contribution is 5.82. The SMILES string of the molecule is CCCCCCCCCCCCCCCCC/C=C/CC1=NC=C[N+]1(CC(=O)[O-])C(C)N. The number of carboxylic acids is 1. The number of rotatable bonds is 21. The number of nitrogens with two attached hydrogens (primary N) is 1. The van der Waals surface area contributed by atoms with Gasteiger partial charge in [0.1, 0.15) is 18.9 Å². The number of nitrogens with zero attached hydrogens (tertiary/aromatic N) is 2. The maximum absolute atomic E-state index is 11.2. The van der Waals surface area contributed by atoms with Gasteiger partial charge >= 0.3 is 0 Å². The molecular weight excluding hydrogens is 398 g/mol. The molecule has 0 radical (unpaired) electrons. The Hall–Kier alpha value is -1.46. The molecule has 1 rings (SSSR count). The van der Waals surface area contributed by atoms with Crippen molar-refractivity contribution >= 4 is 11.8 Å². The van der Waals surface area contributed by atoms with E-state index in [0.29, 0.717) is 6.42 Å². The van der Waals surface area contributed by atoms with Crippen LogP contribution in [-0.4, -0.2) is 29.0 Å². The fourth-order valence-electron chi connectivity index (χ4n) is 4.47. The van der Waals surface area contributed by atoms with Crippen LogP contribution < -0.4 is 10.8 Å². The monoisotopic (exact) mass is 447 g/mol. The standard InChI is InChI=1S/C27H49N3O2/c1-3-4-5-6-7-8-9-10-11-12-13-14-15-16-17-18-19-20-21-26-29-22-23-30(26,25(2)28)24-27(31)32/h19-20,22-23,25H,3-18,21,24,28H2,1-2H3/b20-19+. The number of carbonyl (C=O) groups is 1. The molecule has 0 aromatic carbocycles. The molecule has 0 bridgehead atoms. The van der Waals surface area contributed by atoms with Crippen molar-refractivity contribution in [3.63, 3.8) is 0 Å². The zero-order valence-electron chi connectivity index (χ0n) is 20.9. The van der Waals surface area contributed by atoms with Gasteiger partial charge in [0.2, 0.25) is 5.84 Å². The number of carboxylic acid groups (broad SMARTS) is 1. The van der Waals surface area contributed by atoms with Gasteiger partial charge in [-0.1, -0.05) is 109 Å². The van der Waals surface area contributed by atoms with Crippen molar-refractivity contribution in [2.45, 2.75) is 129 Å². The minimum Gasteiger partial charge on any atom is -0.544 e. The first-order valence-electron chi connectivity index (χ1n) is 13.3. The molecule has 0 aliphatic carbocycles. The third-order valence-electron chi connectivity index (χ3n) is 6.60. The molecule has 5 nitrogen and oxygen atoms in total. The molecule has 2 atom stereocenters. The van der Waals surface area contributed by atoms with Gasteiger partial charge in [-0.3, -0.25) is 5.73 Å². The molecule has 0 saturated heterocycles. The predicted octanol–water partition coefficient (Wildman–Crippen LogP) is 5.95. The van der Waals surface area contributed by atoms with Crippen LogP contribution in [0.3, 0.4) is 0 Å². The van der Waals surface area contributed by atoms with Crippen molar-refractivity contribution in [3.8, 4) is 0 Å². The Labute approximate surface area is 197 Å². The fourth-order valence-corrected chi connectivity index (χ4v) is 4.47. The number of hydrogen-bond acceptors (Lipinski definition) is 4. The summed E-state index contributed by atoms with van der Waals surface area (Å²) in [5.41, 5.74) is 6.07. The van der Waals surface area contributed by atoms with Crippen LogP contribution in [0.4, 0.5) is 0 Å². The summed E-state index contributed by atoms with van der Waals surface area (Å²) in [7, 11) is 0. The first kappa shape index (κ1) is 28.6. The molecular formula is C27H49N3O2. The average molecular weight is 448 g/mol. The van der Waals surface area contributed by atoms with Crippen LogP contribution in [0.1, 0.15) is 123 Å². The Morgan fingerprint density at radius 2 is 1.44 bits per heavy atom. The van der Waals surface area contributed by atoms with Crippen molar-refractivity contribution in [1.82, 2.24) is 0 Å². The number of hydrogen-bond donors (Lipinski definition) is 1. The minimum absolute atomic E-state index is 0.0611. The highest BCUT2D eigenvalue weighted by Crippen LogP contribution is 2.22. The van der Waals surface area contributed by atoms with Crippen LogP contribution in [-0.2, 0) is 4.79 Å². The Balaban J connectivity index is 1.98. The summed E-state index contributed by atoms with van der Waals surface area (Å²) < 4.78 is 0.0611. The summed E-state index contributed by atoms with van der Waals surface area (Å²) in [6, 6.07) is 0. The smallest absolute Gasteiger partial charge is 0.213 e. The van der Waals surface area contributed by atoms with Gasteiger partial charge in [0, 0.05) is 6.92 Å². The fraction of sp³-hybridized carbons (Fsp3) is 0.778. The van der Waals surface area contributed by atoms with E-state index in [-0.39, 0.29) is 17.2 Å². The van der Waals surface area contributed by atoms with E-state index in [0.717, 1.165) is 12.3 Å². The lowest BCUT2D eigenvalue weighted by Gasteiger charge is -2.35. The molecule has 1 heterocycles. The van der Waals surface area contributed by atoms with Crippen LogP contribution in [0.2, 0.25) is 0 Å². The third-order valence-corrected chi connectivity index (χ3v) is 6.60. The molecule has 0 aromatic rings. The van der Waals surface area contributed by atoms with Gasteiger partial charge < -0.3 is 9.90 Å². The molecule has 5 heteroatoms. The lowest BCUT2D eigenvalue weighted by Crippen LogP contribution is -2.60. The van der Waals surface area contributed by atoms with Gasteiger partial charge in [-0.15, -0.1) is 0 Å². The summed E-state index contributed by atoms with van der Waals surface area (Å²) in [6.45, 7) is 3.92. The number of allylic oxidation sites excluding steroid dienone is 1. The zero-order valence-corrected chi connectivity index (χ0v) is 20.9. The largest absolute Gasteiger partial charge is 0.544 e. The summed E-state index contributed by atoms with van der Waals surface area (Å²) >= 11 is 0. The second-order valence-corrected chi connectivity index (χ2v) is 9.46. The van der Waals surface area contributed by atoms with Crippen molar-refractivity contribution in [1.29, 1.82) is 0 Å². The summed E-state index contributed by atoms with van der Waals surface area (Å²) in [4.78, 5) is 15.5. The maximum atomic E-state index is 11.2. The molecule has 0 aromatic heterocycles. The number of quaternary nitrogens is 1. The normalized spacial score (nSPS) is 19.0. The van der Waals surface area contributed by atoms with Gasteiger partial charge in [0.05, 0.1) is 18.6 Å². The van der Waals surface area contributed by atoms with Crippen LogP contribution in [0.15, 0.2) is 29.5 Å². The van der Waals surface area contributed by atoms with Crippen molar-refractivity contribution < 1.29 is 14.4 Å². The van der Waals surface area contributed by atoms with Crippen LogP contribution in [0.25, 0.3) is 0 Å². The number of aliphatic carboxylic acids is 1. The highest BCUT2D eigenvalue weighted by atomic mass is 16.4. The summed E-state index contributed by atoms with van der Waals surface area (Å²) in [5, 5.41) is 11.2. The second kappa shape index (κ2) is 18.0. The molecule has 1 aliphatic heterocycles. The van der Waals surface area contributed by atoms with Crippen LogP contribution in [0, 0.1) is 0 Å². The van der Waals surface area contributed by atoms with Crippen LogP contribution in [0.5, 0.6) is 0 Å². The second-order valence-electron chi connectivity index (χ2n) is 9.46. The van der Waals surface area contributed by atoms with Gasteiger partial charge in [-0.25, -0.2) is 9.48 Å². The van der Waals surface area contributed by atoms with Gasteiger partial charge in [0.15, 0.2) is 0 Å². The van der Waals surface area contributed by atoms with Crippen LogP contribution >= 0.6 is 0 Å². The third kappa shape index (κ3) is 12.0. The first-order chi connectivity index (χ1) is 15.5. The molecule has 0 fully saturated rings. The Bertz CT molecular complexity index is 583. The van der Waals surface area contributed by atoms with E-state index < -0.39 is 5.97 Å². The number of amidine groups is 1. The lowest BCUT2D eigenvalue weighted by molar-refractivity contribution is -0.807. The van der Waals surface area contributed by atoms with Gasteiger partial charge in [-0.2, -0.15) is 0 Å². The van der Waals surface area contributed by atoms with Crippen molar-refractivity contribution in [2.75, 3.05) is 6.54 Å². The number of unbranched alkanes of at least 4 members (excludes halogenated alkanes) is 15. The molecule has 2 N–H and O–H groups in total. The number of aliphatic imine (C=N–C) groups is 1. The van der Waals surface area contributed by atoms with Gasteiger partial charge in [0.25, 0.3) is 0 Å². The summed E-state index contributed by atoms with van der Waals surface area (Å²) in [6.07, 6.45) is 29.8. The van der Waals surface area contributed by atoms with E-state index in [1.165, 1.54) is 96.3 Å². The number of carbonyl (C=O) groups excluding carboxylic acids is 1. The molecule has 0 saturated carbocycles. The van der Waals surface area contributed by atoms with E-state index in [1.807, 2.05) is 6.92 Å². The van der Waals surface area contributed by atoms with E-state index >= 15 is 0 Å². The topological polar surface area (TPSA) is 78.5 Å². The first-order valence-corrected chi connectivity index (χ1v) is 13.3. The van der Waals surface area contributed by atoms with E-state index in [4.69, 9.17) is 5.73 Å². The van der Waals surface area contributed by atoms with Crippen molar-refractivity contribution in [2.24, 2.45) is 10.7 Å². The van der Waals surface area contributed by atoms with Crippen molar-refractivity contribution in [3.05, 3.63) is 24.6 Å². The average Bonchev–Trinajstić information content (AvgIpc) is 3.16. The van der Waals surface area contributed by atoms with E-state index in [9.17, 15) is 9.90 Å². The molecule has 32 heavy (non-hydrogen) atoms. The highest BCUT2D eigenvalue weighted by Gasteiger charge is 2.38. The molecule has 2 unspecified atom stereocenters. The quantitative estimate of drug-likeness (QED) is 0.134. The maximum Gasteiger partial charge on any atom is 0.213 e. The Kier molecular flexibility index (Phi) is 16.1. The minimum atomic E-state index is -1.11. The van der Waals surface area contributed by atoms with E-state index in [1.54, 1.807) is 12.4 Å². The lowest BCUT2D eigenvalue weighted by atomic mass is 10.0. The van der Waals surface area contributed by atoms with Gasteiger partial charge in [-0.05, 0) is 12.8 Å².